The molecule has 5 heteroatoms. The molecule has 1 saturated carbocycles. The summed E-state index contributed by atoms with van der Waals surface area (Å²) in [6, 6.07) is 0. The van der Waals surface area contributed by atoms with Crippen LogP contribution < -0.4 is 0 Å². The third-order valence-corrected chi connectivity index (χ3v) is 4.37. The van der Waals surface area contributed by atoms with Crippen molar-refractivity contribution in [3.8, 4) is 0 Å². The van der Waals surface area contributed by atoms with Crippen molar-refractivity contribution >= 4 is 41.1 Å². The second-order valence-corrected chi connectivity index (χ2v) is 5.92. The van der Waals surface area contributed by atoms with Crippen LogP contribution in [-0.4, -0.2) is 29.2 Å². The molecule has 1 aliphatic carbocycles. The number of aldehydes is 1. The number of carbonyl (C=O) groups is 1. The smallest absolute Gasteiger partial charge is 0.127 e. The Balaban J connectivity index is 2.68. The summed E-state index contributed by atoms with van der Waals surface area (Å²) in [5, 5.41) is -0.373. The zero-order chi connectivity index (χ0) is 11.0. The van der Waals surface area contributed by atoms with Crippen LogP contribution in [0.2, 0.25) is 0 Å². The molecule has 1 fully saturated rings. The summed E-state index contributed by atoms with van der Waals surface area (Å²) in [5.41, 5.74) is -0.347. The van der Waals surface area contributed by atoms with Crippen LogP contribution in [0, 0.1) is 5.41 Å². The van der Waals surface area contributed by atoms with E-state index in [4.69, 9.17) is 39.5 Å². The van der Waals surface area contributed by atoms with Crippen molar-refractivity contribution in [1.29, 1.82) is 0 Å². The van der Waals surface area contributed by atoms with Gasteiger partial charge < -0.3 is 9.53 Å². The molecule has 3 atom stereocenters. The number of ether oxygens (including phenoxy) is 1. The van der Waals surface area contributed by atoms with Gasteiger partial charge in [-0.05, 0) is 6.42 Å². The number of carbonyl (C=O) groups excluding carboxylic acids is 1. The average Bonchev–Trinajstić information content (AvgIpc) is 2.52. The predicted octanol–water partition coefficient (Wildman–Crippen LogP) is 2.78. The summed E-state index contributed by atoms with van der Waals surface area (Å²) in [4.78, 5) is 10.3. The van der Waals surface area contributed by atoms with Crippen molar-refractivity contribution in [3.05, 3.63) is 0 Å². The molecule has 0 N–H and O–H groups in total. The Hall–Kier alpha value is 0.500. The van der Waals surface area contributed by atoms with Crippen molar-refractivity contribution in [2.24, 2.45) is 5.41 Å². The van der Waals surface area contributed by atoms with Gasteiger partial charge in [-0.3, -0.25) is 0 Å². The highest BCUT2D eigenvalue weighted by Gasteiger charge is 2.68. The molecule has 0 heterocycles. The molecule has 3 unspecified atom stereocenters. The van der Waals surface area contributed by atoms with Gasteiger partial charge in [0.05, 0.1) is 11.5 Å². The third kappa shape index (κ3) is 2.04. The molecular weight excluding hydrogens is 246 g/mol. The molecule has 0 bridgehead atoms. The van der Waals surface area contributed by atoms with Crippen LogP contribution in [0.25, 0.3) is 0 Å². The van der Waals surface area contributed by atoms with Crippen LogP contribution in [0.15, 0.2) is 0 Å². The first kappa shape index (κ1) is 12.6. The average molecular weight is 260 g/mol. The first-order valence-corrected chi connectivity index (χ1v) is 5.56. The van der Waals surface area contributed by atoms with E-state index in [0.29, 0.717) is 6.42 Å². The van der Waals surface area contributed by atoms with Gasteiger partial charge in [-0.1, -0.05) is 6.92 Å². The second-order valence-electron chi connectivity index (χ2n) is 3.87. The number of halogens is 3. The molecule has 0 radical (unpaired) electrons. The summed E-state index contributed by atoms with van der Waals surface area (Å²) in [7, 11) is 1.55. The Morgan fingerprint density at radius 2 is 2.07 bits per heavy atom. The van der Waals surface area contributed by atoms with Crippen LogP contribution in [0.3, 0.4) is 0 Å². The number of hydrogen-bond acceptors (Lipinski definition) is 2. The van der Waals surface area contributed by atoms with Gasteiger partial charge in [-0.15, -0.1) is 34.8 Å². The zero-order valence-corrected chi connectivity index (χ0v) is 10.4. The van der Waals surface area contributed by atoms with E-state index in [2.05, 4.69) is 0 Å². The predicted molar refractivity (Wildman–Crippen MR) is 58.3 cm³/mol. The lowest BCUT2D eigenvalue weighted by Gasteiger charge is -2.27. The van der Waals surface area contributed by atoms with Gasteiger partial charge in [0, 0.05) is 18.9 Å². The molecule has 0 saturated heterocycles. The Morgan fingerprint density at radius 3 is 2.36 bits per heavy atom. The highest BCUT2D eigenvalue weighted by molar-refractivity contribution is 6.51. The lowest BCUT2D eigenvalue weighted by atomic mass is 9.97. The fourth-order valence-electron chi connectivity index (χ4n) is 1.75. The third-order valence-electron chi connectivity index (χ3n) is 2.83. The van der Waals surface area contributed by atoms with Gasteiger partial charge in [0.25, 0.3) is 0 Å². The minimum absolute atomic E-state index is 0.250. The van der Waals surface area contributed by atoms with E-state index in [1.807, 2.05) is 6.92 Å². The SMILES string of the molecule is COC(C(Cl)CC=O)C1(C)CC1(Cl)Cl. The largest absolute Gasteiger partial charge is 0.379 e. The highest BCUT2D eigenvalue weighted by atomic mass is 35.5. The van der Waals surface area contributed by atoms with Crippen molar-refractivity contribution in [2.75, 3.05) is 7.11 Å². The van der Waals surface area contributed by atoms with Crippen LogP contribution in [0.1, 0.15) is 19.8 Å². The van der Waals surface area contributed by atoms with Gasteiger partial charge in [0.1, 0.15) is 10.6 Å². The maximum absolute atomic E-state index is 10.3. The van der Waals surface area contributed by atoms with Gasteiger partial charge >= 0.3 is 0 Å². The normalized spacial score (nSPS) is 33.5. The number of hydrogen-bond donors (Lipinski definition) is 0. The maximum Gasteiger partial charge on any atom is 0.127 e. The van der Waals surface area contributed by atoms with Crippen LogP contribution in [0.5, 0.6) is 0 Å². The Kier molecular flexibility index (Phi) is 3.74. The molecule has 1 rings (SSSR count). The van der Waals surface area contributed by atoms with E-state index in [-0.39, 0.29) is 23.3 Å². The second kappa shape index (κ2) is 4.17. The topological polar surface area (TPSA) is 26.3 Å². The first-order chi connectivity index (χ1) is 6.39. The number of methoxy groups -OCH3 is 1. The minimum Gasteiger partial charge on any atom is -0.379 e. The molecule has 2 nitrogen and oxygen atoms in total. The summed E-state index contributed by atoms with van der Waals surface area (Å²) in [6.07, 6.45) is 1.38. The van der Waals surface area contributed by atoms with Crippen LogP contribution in [-0.2, 0) is 9.53 Å². The molecular formula is C9H13Cl3O2. The fraction of sp³-hybridized carbons (Fsp3) is 0.889. The molecule has 0 amide bonds. The van der Waals surface area contributed by atoms with E-state index in [9.17, 15) is 4.79 Å². The van der Waals surface area contributed by atoms with Crippen LogP contribution >= 0.6 is 34.8 Å². The standard InChI is InChI=1S/C9H13Cl3O2/c1-8(5-9(8,11)12)7(14-2)6(10)3-4-13/h4,6-7H,3,5H2,1-2H3. The molecule has 1 aliphatic rings. The van der Waals surface area contributed by atoms with E-state index in [0.717, 1.165) is 6.29 Å². The summed E-state index contributed by atoms with van der Waals surface area (Å²) in [6.45, 7) is 1.92. The quantitative estimate of drug-likeness (QED) is 0.561. The molecule has 14 heavy (non-hydrogen) atoms. The fourth-order valence-corrected chi connectivity index (χ4v) is 2.97. The molecule has 0 aromatic heterocycles. The lowest BCUT2D eigenvalue weighted by Crippen LogP contribution is -2.35. The van der Waals surface area contributed by atoms with Gasteiger partial charge in [0.2, 0.25) is 0 Å². The molecule has 0 spiro atoms. The Morgan fingerprint density at radius 1 is 1.57 bits per heavy atom. The molecule has 0 aromatic rings. The monoisotopic (exact) mass is 258 g/mol. The van der Waals surface area contributed by atoms with Crippen molar-refractivity contribution in [1.82, 2.24) is 0 Å². The molecule has 82 valence electrons. The van der Waals surface area contributed by atoms with Gasteiger partial charge in [0.15, 0.2) is 0 Å². The summed E-state index contributed by atoms with van der Waals surface area (Å²) >= 11 is 18.0. The van der Waals surface area contributed by atoms with Gasteiger partial charge in [-0.25, -0.2) is 0 Å². The lowest BCUT2D eigenvalue weighted by molar-refractivity contribution is -0.108. The van der Waals surface area contributed by atoms with Crippen molar-refractivity contribution in [3.63, 3.8) is 0 Å². The zero-order valence-electron chi connectivity index (χ0n) is 8.10. The highest BCUT2D eigenvalue weighted by Crippen LogP contribution is 2.67. The maximum atomic E-state index is 10.3. The van der Waals surface area contributed by atoms with Crippen molar-refractivity contribution in [2.45, 2.75) is 35.6 Å². The number of rotatable bonds is 5. The summed E-state index contributed by atoms with van der Waals surface area (Å²) in [5.74, 6) is 0. The molecule has 0 aromatic carbocycles. The molecule has 0 aliphatic heterocycles. The van der Waals surface area contributed by atoms with E-state index in [1.54, 1.807) is 7.11 Å². The van der Waals surface area contributed by atoms with Crippen LogP contribution in [0.4, 0.5) is 0 Å². The summed E-state index contributed by atoms with van der Waals surface area (Å²) < 4.78 is 4.49. The van der Waals surface area contributed by atoms with E-state index in [1.165, 1.54) is 0 Å². The Labute approximate surface area is 98.8 Å². The van der Waals surface area contributed by atoms with Gasteiger partial charge in [-0.2, -0.15) is 0 Å². The van der Waals surface area contributed by atoms with Crippen molar-refractivity contribution < 1.29 is 9.53 Å². The minimum atomic E-state index is -0.774. The number of alkyl halides is 3. The van der Waals surface area contributed by atoms with E-state index >= 15 is 0 Å². The first-order valence-electron chi connectivity index (χ1n) is 4.37. The Bertz CT molecular complexity index is 232. The van der Waals surface area contributed by atoms with E-state index < -0.39 is 4.33 Å².